The number of hydrogen-bond acceptors (Lipinski definition) is 5. The maximum absolute atomic E-state index is 13.3. The molecule has 3 heterocycles. The summed E-state index contributed by atoms with van der Waals surface area (Å²) in [5, 5.41) is 3.17. The maximum Gasteiger partial charge on any atom is 0.406 e. The molecule has 2 aromatic heterocycles. The molecule has 10 heteroatoms. The lowest BCUT2D eigenvalue weighted by Crippen LogP contribution is -2.23. The van der Waals surface area contributed by atoms with Crippen molar-refractivity contribution in [1.82, 2.24) is 19.5 Å². The minimum Gasteiger partial charge on any atom is -0.381 e. The molecule has 0 spiro atoms. The summed E-state index contributed by atoms with van der Waals surface area (Å²) in [7, 11) is 0. The van der Waals surface area contributed by atoms with Gasteiger partial charge in [0.15, 0.2) is 0 Å². The number of rotatable bonds is 6. The van der Waals surface area contributed by atoms with Crippen molar-refractivity contribution in [3.8, 4) is 22.6 Å². The van der Waals surface area contributed by atoms with Crippen LogP contribution in [0, 0.1) is 11.7 Å². The van der Waals surface area contributed by atoms with E-state index in [9.17, 15) is 17.6 Å². The maximum atomic E-state index is 13.3. The summed E-state index contributed by atoms with van der Waals surface area (Å²) >= 11 is 0. The molecule has 4 rings (SSSR count). The quantitative estimate of drug-likeness (QED) is 0.576. The van der Waals surface area contributed by atoms with Crippen LogP contribution in [-0.2, 0) is 11.3 Å². The number of nitrogens with zero attached hydrogens (tertiary/aromatic N) is 4. The molecule has 1 fully saturated rings. The zero-order valence-corrected chi connectivity index (χ0v) is 16.6. The third kappa shape index (κ3) is 5.38. The Morgan fingerprint density at radius 3 is 2.52 bits per heavy atom. The van der Waals surface area contributed by atoms with Gasteiger partial charge in [0.25, 0.3) is 0 Å². The van der Waals surface area contributed by atoms with Gasteiger partial charge in [-0.3, -0.25) is 0 Å². The van der Waals surface area contributed by atoms with E-state index in [2.05, 4.69) is 20.3 Å². The lowest BCUT2D eigenvalue weighted by atomic mass is 10.0. The minimum absolute atomic E-state index is 0.195. The number of halogens is 4. The predicted octanol–water partition coefficient (Wildman–Crippen LogP) is 4.55. The number of anilines is 1. The number of alkyl halides is 3. The van der Waals surface area contributed by atoms with E-state index in [0.29, 0.717) is 48.6 Å². The van der Waals surface area contributed by atoms with Gasteiger partial charge in [0.1, 0.15) is 12.4 Å². The molecule has 0 unspecified atom stereocenters. The molecule has 0 amide bonds. The highest BCUT2D eigenvalue weighted by molar-refractivity contribution is 5.77. The number of hydrogen-bond donors (Lipinski definition) is 1. The van der Waals surface area contributed by atoms with Gasteiger partial charge in [-0.25, -0.2) is 19.3 Å². The van der Waals surface area contributed by atoms with Crippen molar-refractivity contribution < 1.29 is 22.3 Å². The van der Waals surface area contributed by atoms with Crippen molar-refractivity contribution in [1.29, 1.82) is 0 Å². The Morgan fingerprint density at radius 1 is 1.06 bits per heavy atom. The molecule has 0 saturated carbocycles. The predicted molar refractivity (Wildman–Crippen MR) is 107 cm³/mol. The van der Waals surface area contributed by atoms with Gasteiger partial charge in [0.2, 0.25) is 5.95 Å². The summed E-state index contributed by atoms with van der Waals surface area (Å²) in [6.07, 6.45) is 0.0406. The van der Waals surface area contributed by atoms with Gasteiger partial charge in [-0.1, -0.05) is 0 Å². The average Bonchev–Trinajstić information content (AvgIpc) is 3.15. The largest absolute Gasteiger partial charge is 0.406 e. The first-order valence-electron chi connectivity index (χ1n) is 9.92. The average molecular weight is 435 g/mol. The van der Waals surface area contributed by atoms with E-state index in [-0.39, 0.29) is 5.69 Å². The van der Waals surface area contributed by atoms with Gasteiger partial charge >= 0.3 is 6.18 Å². The Balaban J connectivity index is 1.66. The number of aromatic nitrogens is 4. The lowest BCUT2D eigenvalue weighted by Gasteiger charge is -2.22. The number of imidazole rings is 1. The number of ether oxygens (including phenoxy) is 1. The first-order chi connectivity index (χ1) is 14.9. The number of benzene rings is 1. The minimum atomic E-state index is -4.44. The third-order valence-electron chi connectivity index (χ3n) is 5.09. The molecule has 0 radical (unpaired) electrons. The summed E-state index contributed by atoms with van der Waals surface area (Å²) in [5.74, 6) is 0.307. The SMILES string of the molecule is Fc1ccc(-c2ncn(CC(F)(F)F)c2-c2ccnc(NCC3CCOCC3)n2)cc1. The van der Waals surface area contributed by atoms with Crippen molar-refractivity contribution in [2.45, 2.75) is 25.6 Å². The van der Waals surface area contributed by atoms with E-state index in [4.69, 9.17) is 4.74 Å². The normalized spacial score (nSPS) is 15.2. The van der Waals surface area contributed by atoms with E-state index >= 15 is 0 Å². The van der Waals surface area contributed by atoms with Crippen LogP contribution < -0.4 is 5.32 Å². The van der Waals surface area contributed by atoms with Crippen molar-refractivity contribution in [2.75, 3.05) is 25.1 Å². The summed E-state index contributed by atoms with van der Waals surface area (Å²) in [6.45, 7) is 0.862. The monoisotopic (exact) mass is 435 g/mol. The molecule has 164 valence electrons. The van der Waals surface area contributed by atoms with Gasteiger partial charge in [0, 0.05) is 31.5 Å². The molecule has 1 aromatic carbocycles. The molecule has 1 N–H and O–H groups in total. The van der Waals surface area contributed by atoms with Crippen molar-refractivity contribution in [3.05, 3.63) is 48.7 Å². The fourth-order valence-electron chi connectivity index (χ4n) is 3.54. The zero-order valence-electron chi connectivity index (χ0n) is 16.6. The Bertz CT molecular complexity index is 1010. The Hall–Kier alpha value is -3.01. The second-order valence-corrected chi connectivity index (χ2v) is 7.39. The standard InChI is InChI=1S/C21H21F4N5O/c22-16-3-1-15(2-4-16)18-19(30(13-28-18)12-21(23,24)25)17-5-8-26-20(29-17)27-11-14-6-9-31-10-7-14/h1-5,8,13-14H,6-7,9-12H2,(H,26,27,29). The molecule has 0 bridgehead atoms. The highest BCUT2D eigenvalue weighted by Gasteiger charge is 2.30. The summed E-state index contributed by atoms with van der Waals surface area (Å²) < 4.78 is 59.2. The smallest absolute Gasteiger partial charge is 0.381 e. The van der Waals surface area contributed by atoms with Crippen LogP contribution in [0.15, 0.2) is 42.9 Å². The van der Waals surface area contributed by atoms with Gasteiger partial charge in [-0.2, -0.15) is 13.2 Å². The van der Waals surface area contributed by atoms with Crippen molar-refractivity contribution >= 4 is 5.95 Å². The topological polar surface area (TPSA) is 64.9 Å². The summed E-state index contributed by atoms with van der Waals surface area (Å²) in [5.41, 5.74) is 1.27. The van der Waals surface area contributed by atoms with E-state index in [1.54, 1.807) is 0 Å². The summed E-state index contributed by atoms with van der Waals surface area (Å²) in [4.78, 5) is 12.8. The van der Waals surface area contributed by atoms with Crippen LogP contribution in [0.1, 0.15) is 12.8 Å². The molecule has 6 nitrogen and oxygen atoms in total. The van der Waals surface area contributed by atoms with Crippen LogP contribution in [-0.4, -0.2) is 45.5 Å². The Labute approximate surface area is 176 Å². The first-order valence-corrected chi connectivity index (χ1v) is 9.92. The van der Waals surface area contributed by atoms with E-state index in [1.165, 1.54) is 36.5 Å². The molecular formula is C21H21F4N5O. The number of nitrogens with one attached hydrogen (secondary N) is 1. The second kappa shape index (κ2) is 9.01. The second-order valence-electron chi connectivity index (χ2n) is 7.39. The molecular weight excluding hydrogens is 414 g/mol. The fourth-order valence-corrected chi connectivity index (χ4v) is 3.54. The lowest BCUT2D eigenvalue weighted by molar-refractivity contribution is -0.140. The molecule has 0 atom stereocenters. The van der Waals surface area contributed by atoms with Gasteiger partial charge in [-0.15, -0.1) is 0 Å². The zero-order chi connectivity index (χ0) is 21.8. The molecule has 1 aliphatic rings. The first kappa shape index (κ1) is 21.2. The molecule has 31 heavy (non-hydrogen) atoms. The van der Waals surface area contributed by atoms with E-state index in [0.717, 1.165) is 23.7 Å². The Morgan fingerprint density at radius 2 is 1.81 bits per heavy atom. The molecule has 1 saturated heterocycles. The Kier molecular flexibility index (Phi) is 6.17. The van der Waals surface area contributed by atoms with Crippen LogP contribution >= 0.6 is 0 Å². The van der Waals surface area contributed by atoms with Crippen LogP contribution in [0.4, 0.5) is 23.5 Å². The van der Waals surface area contributed by atoms with E-state index in [1.807, 2.05) is 0 Å². The van der Waals surface area contributed by atoms with Crippen LogP contribution in [0.2, 0.25) is 0 Å². The van der Waals surface area contributed by atoms with Crippen LogP contribution in [0.5, 0.6) is 0 Å². The highest BCUT2D eigenvalue weighted by atomic mass is 19.4. The van der Waals surface area contributed by atoms with E-state index < -0.39 is 18.5 Å². The third-order valence-corrected chi connectivity index (χ3v) is 5.09. The molecule has 3 aromatic rings. The highest BCUT2D eigenvalue weighted by Crippen LogP contribution is 2.32. The van der Waals surface area contributed by atoms with Gasteiger partial charge < -0.3 is 14.6 Å². The fraction of sp³-hybridized carbons (Fsp3) is 0.381. The van der Waals surface area contributed by atoms with Gasteiger partial charge in [-0.05, 0) is 49.1 Å². The molecule has 0 aliphatic carbocycles. The van der Waals surface area contributed by atoms with Crippen molar-refractivity contribution in [2.24, 2.45) is 5.92 Å². The molecule has 1 aliphatic heterocycles. The van der Waals surface area contributed by atoms with Gasteiger partial charge in [0.05, 0.1) is 23.4 Å². The van der Waals surface area contributed by atoms with Crippen molar-refractivity contribution in [3.63, 3.8) is 0 Å². The van der Waals surface area contributed by atoms with Crippen LogP contribution in [0.3, 0.4) is 0 Å². The van der Waals surface area contributed by atoms with Crippen LogP contribution in [0.25, 0.3) is 22.6 Å². The summed E-state index contributed by atoms with van der Waals surface area (Å²) in [6, 6.07) is 6.97.